The number of carbonyl (C=O) groups is 3. The van der Waals surface area contributed by atoms with E-state index in [0.717, 1.165) is 27.8 Å². The van der Waals surface area contributed by atoms with Crippen LogP contribution in [0, 0.1) is 0 Å². The van der Waals surface area contributed by atoms with Crippen molar-refractivity contribution in [3.8, 4) is 11.1 Å². The molecule has 1 unspecified atom stereocenters. The molecule has 2 atom stereocenters. The number of fused-ring (bicyclic) bond motifs is 3. The third-order valence-electron chi connectivity index (χ3n) is 5.87. The lowest BCUT2D eigenvalue weighted by atomic mass is 9.98. The first kappa shape index (κ1) is 23.0. The molecule has 2 amide bonds. The highest BCUT2D eigenvalue weighted by atomic mass is 16.5. The van der Waals surface area contributed by atoms with Gasteiger partial charge in [0.15, 0.2) is 0 Å². The molecular formula is C26H25N3O5. The Balaban J connectivity index is 1.41. The third-order valence-corrected chi connectivity index (χ3v) is 5.87. The summed E-state index contributed by atoms with van der Waals surface area (Å²) in [7, 11) is 0. The Morgan fingerprint density at radius 3 is 2.21 bits per heavy atom. The van der Waals surface area contributed by atoms with E-state index in [1.165, 1.54) is 0 Å². The summed E-state index contributed by atoms with van der Waals surface area (Å²) in [4.78, 5) is 40.6. The normalized spacial score (nSPS) is 13.8. The van der Waals surface area contributed by atoms with Crippen LogP contribution in [0.4, 0.5) is 4.79 Å². The number of carbonyl (C=O) groups excluding carboxylic acids is 2. The predicted octanol–water partition coefficient (Wildman–Crippen LogP) is 3.64. The van der Waals surface area contributed by atoms with Crippen molar-refractivity contribution in [3.63, 3.8) is 0 Å². The molecule has 1 aliphatic rings. The molecule has 0 radical (unpaired) electrons. The van der Waals surface area contributed by atoms with E-state index >= 15 is 0 Å². The number of rotatable bonds is 8. The number of carboxylic acid groups (broad SMARTS) is 1. The van der Waals surface area contributed by atoms with E-state index < -0.39 is 36.5 Å². The van der Waals surface area contributed by atoms with E-state index in [1.807, 2.05) is 48.5 Å². The molecule has 0 bridgehead atoms. The number of amides is 2. The van der Waals surface area contributed by atoms with Gasteiger partial charge in [-0.15, -0.1) is 0 Å². The zero-order valence-electron chi connectivity index (χ0n) is 18.6. The summed E-state index contributed by atoms with van der Waals surface area (Å²) in [6.45, 7) is 1.81. The second-order valence-corrected chi connectivity index (χ2v) is 8.14. The van der Waals surface area contributed by atoms with Crippen LogP contribution >= 0.6 is 0 Å². The number of nitrogens with one attached hydrogen (secondary N) is 2. The Kier molecular flexibility index (Phi) is 6.87. The number of hydrogen-bond donors (Lipinski definition) is 3. The van der Waals surface area contributed by atoms with Gasteiger partial charge in [-0.3, -0.25) is 14.6 Å². The maximum Gasteiger partial charge on any atom is 0.407 e. The smallest absolute Gasteiger partial charge is 0.407 e. The highest BCUT2D eigenvalue weighted by Gasteiger charge is 2.30. The van der Waals surface area contributed by atoms with Crippen molar-refractivity contribution in [2.24, 2.45) is 0 Å². The van der Waals surface area contributed by atoms with Gasteiger partial charge in [0.2, 0.25) is 5.91 Å². The second-order valence-electron chi connectivity index (χ2n) is 8.14. The number of ether oxygens (including phenoxy) is 1. The number of nitrogens with zero attached hydrogens (tertiary/aromatic N) is 1. The van der Waals surface area contributed by atoms with Crippen molar-refractivity contribution in [3.05, 3.63) is 89.7 Å². The van der Waals surface area contributed by atoms with E-state index in [0.29, 0.717) is 0 Å². The monoisotopic (exact) mass is 459 g/mol. The van der Waals surface area contributed by atoms with Gasteiger partial charge in [0.1, 0.15) is 12.6 Å². The van der Waals surface area contributed by atoms with E-state index in [2.05, 4.69) is 15.6 Å². The minimum absolute atomic E-state index is 0.0629. The first-order chi connectivity index (χ1) is 16.4. The number of alkyl carbamates (subject to hydrolysis) is 1. The minimum atomic E-state index is -1.28. The van der Waals surface area contributed by atoms with Crippen LogP contribution in [0.5, 0.6) is 0 Å². The van der Waals surface area contributed by atoms with Crippen LogP contribution in [-0.4, -0.2) is 40.7 Å². The van der Waals surface area contributed by atoms with Gasteiger partial charge in [0.05, 0.1) is 12.5 Å². The van der Waals surface area contributed by atoms with Crippen LogP contribution in [0.15, 0.2) is 73.1 Å². The molecule has 1 aliphatic carbocycles. The number of aliphatic carboxylic acids is 1. The molecule has 2 aromatic carbocycles. The van der Waals surface area contributed by atoms with Gasteiger partial charge >= 0.3 is 12.1 Å². The zero-order chi connectivity index (χ0) is 24.1. The molecule has 0 saturated heterocycles. The second kappa shape index (κ2) is 10.2. The lowest BCUT2D eigenvalue weighted by Gasteiger charge is -2.21. The van der Waals surface area contributed by atoms with Crippen molar-refractivity contribution < 1.29 is 24.2 Å². The zero-order valence-corrected chi connectivity index (χ0v) is 18.6. The van der Waals surface area contributed by atoms with E-state index in [9.17, 15) is 19.5 Å². The Bertz CT molecular complexity index is 1150. The minimum Gasteiger partial charge on any atom is -0.481 e. The summed E-state index contributed by atoms with van der Waals surface area (Å²) in [6, 6.07) is 17.7. The molecule has 174 valence electrons. The Morgan fingerprint density at radius 1 is 0.971 bits per heavy atom. The van der Waals surface area contributed by atoms with Gasteiger partial charge in [-0.2, -0.15) is 0 Å². The predicted molar refractivity (Wildman–Crippen MR) is 125 cm³/mol. The quantitative estimate of drug-likeness (QED) is 0.473. The van der Waals surface area contributed by atoms with Crippen molar-refractivity contribution in [2.75, 3.05) is 6.61 Å². The summed E-state index contributed by atoms with van der Waals surface area (Å²) < 4.78 is 5.46. The average Bonchev–Trinajstić information content (AvgIpc) is 3.16. The highest BCUT2D eigenvalue weighted by Crippen LogP contribution is 2.44. The molecule has 8 nitrogen and oxygen atoms in total. The van der Waals surface area contributed by atoms with E-state index in [-0.39, 0.29) is 12.5 Å². The number of aromatic nitrogens is 1. The molecule has 34 heavy (non-hydrogen) atoms. The van der Waals surface area contributed by atoms with Gasteiger partial charge in [0.25, 0.3) is 0 Å². The van der Waals surface area contributed by atoms with Crippen LogP contribution in [-0.2, 0) is 14.3 Å². The molecule has 0 fully saturated rings. The lowest BCUT2D eigenvalue weighted by Crippen LogP contribution is -2.48. The van der Waals surface area contributed by atoms with Gasteiger partial charge in [0, 0.05) is 18.3 Å². The molecule has 1 aromatic heterocycles. The molecule has 0 spiro atoms. The summed E-state index contributed by atoms with van der Waals surface area (Å²) in [6.07, 6.45) is 1.80. The summed E-state index contributed by atoms with van der Waals surface area (Å²) in [5.41, 5.74) is 5.06. The number of carboxylic acids is 1. The van der Waals surface area contributed by atoms with Gasteiger partial charge in [-0.05, 0) is 40.8 Å². The van der Waals surface area contributed by atoms with Crippen LogP contribution < -0.4 is 10.6 Å². The Labute approximate surface area is 197 Å². The summed E-state index contributed by atoms with van der Waals surface area (Å²) in [5.74, 6) is -1.98. The largest absolute Gasteiger partial charge is 0.481 e. The van der Waals surface area contributed by atoms with Crippen LogP contribution in [0.2, 0.25) is 0 Å². The number of benzene rings is 2. The summed E-state index contributed by atoms with van der Waals surface area (Å²) >= 11 is 0. The van der Waals surface area contributed by atoms with Crippen LogP contribution in [0.1, 0.15) is 42.0 Å². The van der Waals surface area contributed by atoms with Gasteiger partial charge in [-0.25, -0.2) is 4.79 Å². The topological polar surface area (TPSA) is 118 Å². The molecule has 4 rings (SSSR count). The fraction of sp³-hybridized carbons (Fsp3) is 0.231. The fourth-order valence-corrected chi connectivity index (χ4v) is 4.20. The van der Waals surface area contributed by atoms with Crippen LogP contribution in [0.25, 0.3) is 11.1 Å². The first-order valence-corrected chi connectivity index (χ1v) is 11.0. The van der Waals surface area contributed by atoms with Gasteiger partial charge < -0.3 is 20.5 Å². The maximum absolute atomic E-state index is 12.7. The Hall–Kier alpha value is -4.20. The molecule has 0 saturated carbocycles. The highest BCUT2D eigenvalue weighted by molar-refractivity contribution is 5.89. The molecule has 3 N–H and O–H groups in total. The van der Waals surface area contributed by atoms with Crippen molar-refractivity contribution >= 4 is 18.0 Å². The number of pyridine rings is 1. The molecule has 8 heteroatoms. The lowest BCUT2D eigenvalue weighted by molar-refractivity contribution is -0.140. The fourth-order valence-electron chi connectivity index (χ4n) is 4.20. The summed E-state index contributed by atoms with van der Waals surface area (Å²) in [5, 5.41) is 14.4. The SMILES string of the molecule is C[C@H](NC(=O)C(CC(=O)O)NC(=O)OCC1c2ccccc2-c2ccccc21)c1cccnc1. The molecule has 0 aliphatic heterocycles. The Morgan fingerprint density at radius 2 is 1.62 bits per heavy atom. The standard InChI is InChI=1S/C26H25N3O5/c1-16(17-7-6-12-27-14-17)28-25(32)23(13-24(30)31)29-26(33)34-15-22-20-10-4-2-8-18(20)19-9-3-5-11-21(19)22/h2-12,14,16,22-23H,13,15H2,1H3,(H,28,32)(H,29,33)(H,30,31)/t16-,23?/m0/s1. The van der Waals surface area contributed by atoms with E-state index in [1.54, 1.807) is 31.5 Å². The molecular weight excluding hydrogens is 434 g/mol. The van der Waals surface area contributed by atoms with Crippen molar-refractivity contribution in [2.45, 2.75) is 31.3 Å². The first-order valence-electron chi connectivity index (χ1n) is 11.0. The van der Waals surface area contributed by atoms with Crippen molar-refractivity contribution in [1.29, 1.82) is 0 Å². The molecule has 3 aromatic rings. The van der Waals surface area contributed by atoms with Gasteiger partial charge in [-0.1, -0.05) is 54.6 Å². The van der Waals surface area contributed by atoms with Crippen LogP contribution in [0.3, 0.4) is 0 Å². The average molecular weight is 460 g/mol. The molecule has 1 heterocycles. The maximum atomic E-state index is 12.7. The van der Waals surface area contributed by atoms with E-state index in [4.69, 9.17) is 4.74 Å². The van der Waals surface area contributed by atoms with Crippen molar-refractivity contribution in [1.82, 2.24) is 15.6 Å². The third kappa shape index (κ3) is 5.06. The number of hydrogen-bond acceptors (Lipinski definition) is 5.